The molecule has 0 heterocycles. The zero-order valence-corrected chi connectivity index (χ0v) is 11.0. The average molecular weight is 277 g/mol. The van der Waals surface area contributed by atoms with Crippen LogP contribution in [0.4, 0.5) is 5.69 Å². The maximum atomic E-state index is 8.78. The number of halogens is 2. The molecular weight excluding hydrogens is 267 g/mol. The van der Waals surface area contributed by atoms with Gasteiger partial charge in [-0.1, -0.05) is 35.3 Å². The van der Waals surface area contributed by atoms with Gasteiger partial charge in [-0.05, 0) is 35.9 Å². The van der Waals surface area contributed by atoms with E-state index in [2.05, 4.69) is 5.32 Å². The molecule has 0 aliphatic rings. The van der Waals surface area contributed by atoms with Crippen molar-refractivity contribution in [3.63, 3.8) is 0 Å². The number of hydrogen-bond acceptors (Lipinski definition) is 2. The van der Waals surface area contributed by atoms with Crippen LogP contribution in [0.25, 0.3) is 0 Å². The van der Waals surface area contributed by atoms with Crippen LogP contribution < -0.4 is 5.32 Å². The van der Waals surface area contributed by atoms with Crippen molar-refractivity contribution in [2.24, 2.45) is 0 Å². The lowest BCUT2D eigenvalue weighted by molar-refractivity contribution is 1.15. The molecule has 0 saturated carbocycles. The van der Waals surface area contributed by atoms with Gasteiger partial charge in [-0.15, -0.1) is 0 Å². The van der Waals surface area contributed by atoms with Crippen LogP contribution in [0.3, 0.4) is 0 Å². The Bertz CT molecular complexity index is 586. The Morgan fingerprint density at radius 2 is 1.78 bits per heavy atom. The maximum absolute atomic E-state index is 8.78. The van der Waals surface area contributed by atoms with Crippen LogP contribution in [0, 0.1) is 11.3 Å². The average Bonchev–Trinajstić information content (AvgIpc) is 2.38. The number of anilines is 1. The lowest BCUT2D eigenvalue weighted by Gasteiger charge is -2.07. The van der Waals surface area contributed by atoms with E-state index in [1.165, 1.54) is 0 Å². The van der Waals surface area contributed by atoms with Crippen molar-refractivity contribution in [3.05, 3.63) is 63.6 Å². The SMILES string of the molecule is N#Cc1ccc(NCc2ccc(Cl)cc2)cc1Cl. The Morgan fingerprint density at radius 3 is 2.39 bits per heavy atom. The highest BCUT2D eigenvalue weighted by Crippen LogP contribution is 2.20. The van der Waals surface area contributed by atoms with Crippen molar-refractivity contribution in [1.29, 1.82) is 5.26 Å². The summed E-state index contributed by atoms with van der Waals surface area (Å²) in [4.78, 5) is 0. The highest BCUT2D eigenvalue weighted by atomic mass is 35.5. The van der Waals surface area contributed by atoms with Gasteiger partial charge < -0.3 is 5.32 Å². The molecule has 0 aromatic heterocycles. The van der Waals surface area contributed by atoms with Gasteiger partial charge in [0.1, 0.15) is 6.07 Å². The topological polar surface area (TPSA) is 35.8 Å². The van der Waals surface area contributed by atoms with E-state index in [-0.39, 0.29) is 0 Å². The fourth-order valence-corrected chi connectivity index (χ4v) is 1.87. The first kappa shape index (κ1) is 12.8. The number of nitrogens with zero attached hydrogens (tertiary/aromatic N) is 1. The Labute approximate surface area is 116 Å². The molecule has 0 unspecified atom stereocenters. The van der Waals surface area contributed by atoms with Crippen LogP contribution in [-0.2, 0) is 6.54 Å². The van der Waals surface area contributed by atoms with E-state index >= 15 is 0 Å². The van der Waals surface area contributed by atoms with Crippen LogP contribution in [0.5, 0.6) is 0 Å². The molecule has 0 saturated heterocycles. The second-order valence-corrected chi connectivity index (χ2v) is 4.63. The second kappa shape index (κ2) is 5.77. The number of rotatable bonds is 3. The lowest BCUT2D eigenvalue weighted by atomic mass is 10.2. The lowest BCUT2D eigenvalue weighted by Crippen LogP contribution is -1.99. The molecule has 0 spiro atoms. The summed E-state index contributed by atoms with van der Waals surface area (Å²) >= 11 is 11.8. The third kappa shape index (κ3) is 3.16. The fraction of sp³-hybridized carbons (Fsp3) is 0.0714. The van der Waals surface area contributed by atoms with Crippen molar-refractivity contribution in [3.8, 4) is 6.07 Å². The van der Waals surface area contributed by atoms with Crippen LogP contribution in [0.15, 0.2) is 42.5 Å². The molecule has 18 heavy (non-hydrogen) atoms. The molecule has 2 rings (SSSR count). The molecule has 0 bridgehead atoms. The number of nitriles is 1. The first-order chi connectivity index (χ1) is 8.69. The van der Waals surface area contributed by atoms with E-state index in [9.17, 15) is 0 Å². The van der Waals surface area contributed by atoms with E-state index in [1.807, 2.05) is 36.4 Å². The largest absolute Gasteiger partial charge is 0.381 e. The quantitative estimate of drug-likeness (QED) is 0.898. The van der Waals surface area contributed by atoms with E-state index in [0.717, 1.165) is 16.3 Å². The summed E-state index contributed by atoms with van der Waals surface area (Å²) < 4.78 is 0. The van der Waals surface area contributed by atoms with Crippen LogP contribution >= 0.6 is 23.2 Å². The maximum Gasteiger partial charge on any atom is 0.101 e. The molecule has 1 N–H and O–H groups in total. The highest BCUT2D eigenvalue weighted by Gasteiger charge is 2.00. The summed E-state index contributed by atoms with van der Waals surface area (Å²) in [5.74, 6) is 0. The van der Waals surface area contributed by atoms with Crippen molar-refractivity contribution < 1.29 is 0 Å². The Hall–Kier alpha value is -1.69. The molecule has 2 aromatic rings. The molecule has 0 aliphatic carbocycles. The van der Waals surface area contributed by atoms with E-state index in [0.29, 0.717) is 17.1 Å². The summed E-state index contributed by atoms with van der Waals surface area (Å²) in [6.07, 6.45) is 0. The number of nitrogens with one attached hydrogen (secondary N) is 1. The number of benzene rings is 2. The van der Waals surface area contributed by atoms with Gasteiger partial charge in [0, 0.05) is 17.3 Å². The zero-order chi connectivity index (χ0) is 13.0. The van der Waals surface area contributed by atoms with Gasteiger partial charge in [-0.25, -0.2) is 0 Å². The molecule has 0 radical (unpaired) electrons. The van der Waals surface area contributed by atoms with Gasteiger partial charge in [-0.2, -0.15) is 5.26 Å². The first-order valence-electron chi connectivity index (χ1n) is 5.37. The zero-order valence-electron chi connectivity index (χ0n) is 9.45. The molecular formula is C14H10Cl2N2. The van der Waals surface area contributed by atoms with Crippen molar-refractivity contribution in [2.75, 3.05) is 5.32 Å². The molecule has 0 fully saturated rings. The molecule has 0 amide bonds. The monoisotopic (exact) mass is 276 g/mol. The first-order valence-corrected chi connectivity index (χ1v) is 6.12. The van der Waals surface area contributed by atoms with Gasteiger partial charge in [0.15, 0.2) is 0 Å². The van der Waals surface area contributed by atoms with Crippen LogP contribution in [-0.4, -0.2) is 0 Å². The minimum Gasteiger partial charge on any atom is -0.381 e. The second-order valence-electron chi connectivity index (χ2n) is 3.79. The molecule has 2 nitrogen and oxygen atoms in total. The van der Waals surface area contributed by atoms with Gasteiger partial charge in [0.2, 0.25) is 0 Å². The smallest absolute Gasteiger partial charge is 0.101 e. The van der Waals surface area contributed by atoms with Gasteiger partial charge in [0.05, 0.1) is 10.6 Å². The Morgan fingerprint density at radius 1 is 1.06 bits per heavy atom. The minimum atomic E-state index is 0.457. The van der Waals surface area contributed by atoms with Crippen LogP contribution in [0.1, 0.15) is 11.1 Å². The third-order valence-electron chi connectivity index (χ3n) is 2.50. The Kier molecular flexibility index (Phi) is 4.09. The molecule has 0 atom stereocenters. The fourth-order valence-electron chi connectivity index (χ4n) is 1.52. The van der Waals surface area contributed by atoms with Crippen molar-refractivity contribution in [2.45, 2.75) is 6.54 Å². The highest BCUT2D eigenvalue weighted by molar-refractivity contribution is 6.32. The van der Waals surface area contributed by atoms with Crippen molar-refractivity contribution in [1.82, 2.24) is 0 Å². The van der Waals surface area contributed by atoms with Gasteiger partial charge in [0.25, 0.3) is 0 Å². The minimum absolute atomic E-state index is 0.457. The molecule has 4 heteroatoms. The van der Waals surface area contributed by atoms with Crippen molar-refractivity contribution >= 4 is 28.9 Å². The van der Waals surface area contributed by atoms with E-state index in [1.54, 1.807) is 12.1 Å². The molecule has 90 valence electrons. The van der Waals surface area contributed by atoms with E-state index < -0.39 is 0 Å². The predicted molar refractivity (Wildman–Crippen MR) is 74.9 cm³/mol. The van der Waals surface area contributed by atoms with Gasteiger partial charge >= 0.3 is 0 Å². The normalized spacial score (nSPS) is 9.83. The van der Waals surface area contributed by atoms with Gasteiger partial charge in [-0.3, -0.25) is 0 Å². The molecule has 2 aromatic carbocycles. The predicted octanol–water partition coefficient (Wildman–Crippen LogP) is 4.48. The van der Waals surface area contributed by atoms with E-state index in [4.69, 9.17) is 28.5 Å². The summed E-state index contributed by atoms with van der Waals surface area (Å²) in [6, 6.07) is 14.9. The van der Waals surface area contributed by atoms with Crippen LogP contribution in [0.2, 0.25) is 10.0 Å². The molecule has 0 aliphatic heterocycles. The third-order valence-corrected chi connectivity index (χ3v) is 3.06. The summed E-state index contributed by atoms with van der Waals surface area (Å²) in [7, 11) is 0. The standard InChI is InChI=1S/C14H10Cl2N2/c15-12-4-1-10(2-5-12)9-18-13-6-3-11(8-17)14(16)7-13/h1-7,18H,9H2. The summed E-state index contributed by atoms with van der Waals surface area (Å²) in [5.41, 5.74) is 2.49. The Balaban J connectivity index is 2.04. The summed E-state index contributed by atoms with van der Waals surface area (Å²) in [5, 5.41) is 13.2. The summed E-state index contributed by atoms with van der Waals surface area (Å²) in [6.45, 7) is 0.680. The number of hydrogen-bond donors (Lipinski definition) is 1.